The molecule has 1 saturated heterocycles. The molecule has 0 radical (unpaired) electrons. The number of nitrogens with zero attached hydrogens (tertiary/aromatic N) is 1. The third-order valence-corrected chi connectivity index (χ3v) is 3.57. The summed E-state index contributed by atoms with van der Waals surface area (Å²) in [5.41, 5.74) is 0. The van der Waals surface area contributed by atoms with Gasteiger partial charge in [-0.3, -0.25) is 0 Å². The lowest BCUT2D eigenvalue weighted by Crippen LogP contribution is -2.48. The SMILES string of the molecule is CCCC(C)N(C)C1CCNC(C)C1. The predicted molar refractivity (Wildman–Crippen MR) is 62.6 cm³/mol. The predicted octanol–water partition coefficient (Wildman–Crippen LogP) is 2.25. The van der Waals surface area contributed by atoms with Crippen molar-refractivity contribution in [1.29, 1.82) is 0 Å². The summed E-state index contributed by atoms with van der Waals surface area (Å²) >= 11 is 0. The Bertz CT molecular complexity index is 158. The molecule has 3 atom stereocenters. The van der Waals surface area contributed by atoms with Gasteiger partial charge in [0.1, 0.15) is 0 Å². The van der Waals surface area contributed by atoms with E-state index in [2.05, 4.69) is 38.0 Å². The molecule has 1 N–H and O–H groups in total. The lowest BCUT2D eigenvalue weighted by Gasteiger charge is -2.38. The van der Waals surface area contributed by atoms with Gasteiger partial charge in [0.05, 0.1) is 0 Å². The van der Waals surface area contributed by atoms with Gasteiger partial charge in [0.15, 0.2) is 0 Å². The minimum Gasteiger partial charge on any atom is -0.314 e. The first-order chi connectivity index (χ1) is 6.65. The molecule has 1 rings (SSSR count). The van der Waals surface area contributed by atoms with Gasteiger partial charge in [-0.15, -0.1) is 0 Å². The molecular weight excluding hydrogens is 172 g/mol. The van der Waals surface area contributed by atoms with E-state index in [1.807, 2.05) is 0 Å². The Morgan fingerprint density at radius 1 is 1.50 bits per heavy atom. The lowest BCUT2D eigenvalue weighted by atomic mass is 9.97. The fourth-order valence-corrected chi connectivity index (χ4v) is 2.46. The van der Waals surface area contributed by atoms with E-state index in [1.165, 1.54) is 32.2 Å². The first-order valence-electron chi connectivity index (χ1n) is 6.10. The van der Waals surface area contributed by atoms with Gasteiger partial charge in [-0.25, -0.2) is 0 Å². The molecule has 2 heteroatoms. The number of hydrogen-bond donors (Lipinski definition) is 1. The zero-order chi connectivity index (χ0) is 10.6. The Kier molecular flexibility index (Phi) is 4.90. The van der Waals surface area contributed by atoms with Crippen LogP contribution in [0.2, 0.25) is 0 Å². The second kappa shape index (κ2) is 5.72. The number of rotatable bonds is 4. The van der Waals surface area contributed by atoms with Crippen molar-refractivity contribution in [3.63, 3.8) is 0 Å². The Morgan fingerprint density at radius 3 is 2.79 bits per heavy atom. The largest absolute Gasteiger partial charge is 0.314 e. The highest BCUT2D eigenvalue weighted by Gasteiger charge is 2.24. The fourth-order valence-electron chi connectivity index (χ4n) is 2.46. The van der Waals surface area contributed by atoms with Crippen molar-refractivity contribution >= 4 is 0 Å². The molecule has 1 fully saturated rings. The van der Waals surface area contributed by atoms with Crippen molar-refractivity contribution in [3.05, 3.63) is 0 Å². The van der Waals surface area contributed by atoms with Gasteiger partial charge in [-0.1, -0.05) is 13.3 Å². The van der Waals surface area contributed by atoms with Crippen LogP contribution in [-0.4, -0.2) is 36.6 Å². The quantitative estimate of drug-likeness (QED) is 0.745. The molecule has 1 aliphatic heterocycles. The average Bonchev–Trinajstić information content (AvgIpc) is 2.17. The molecule has 2 nitrogen and oxygen atoms in total. The Morgan fingerprint density at radius 2 is 2.21 bits per heavy atom. The van der Waals surface area contributed by atoms with Gasteiger partial charge < -0.3 is 10.2 Å². The monoisotopic (exact) mass is 198 g/mol. The molecule has 3 unspecified atom stereocenters. The highest BCUT2D eigenvalue weighted by Crippen LogP contribution is 2.18. The average molecular weight is 198 g/mol. The number of nitrogens with one attached hydrogen (secondary N) is 1. The molecule has 84 valence electrons. The van der Waals surface area contributed by atoms with E-state index in [0.717, 1.165) is 12.1 Å². The van der Waals surface area contributed by atoms with Crippen LogP contribution in [0.25, 0.3) is 0 Å². The summed E-state index contributed by atoms with van der Waals surface area (Å²) in [5.74, 6) is 0. The van der Waals surface area contributed by atoms with Crippen LogP contribution < -0.4 is 5.32 Å². The van der Waals surface area contributed by atoms with E-state index < -0.39 is 0 Å². The Balaban J connectivity index is 2.38. The minimum absolute atomic E-state index is 0.699. The number of hydrogen-bond acceptors (Lipinski definition) is 2. The second-order valence-corrected chi connectivity index (χ2v) is 4.84. The molecule has 0 aromatic rings. The molecule has 14 heavy (non-hydrogen) atoms. The fraction of sp³-hybridized carbons (Fsp3) is 1.00. The highest BCUT2D eigenvalue weighted by atomic mass is 15.2. The maximum absolute atomic E-state index is 3.51. The normalized spacial score (nSPS) is 30.6. The molecule has 0 amide bonds. The molecule has 1 heterocycles. The zero-order valence-electron chi connectivity index (χ0n) is 10.2. The van der Waals surface area contributed by atoms with Crippen LogP contribution in [0.15, 0.2) is 0 Å². The van der Waals surface area contributed by atoms with Gasteiger partial charge in [-0.2, -0.15) is 0 Å². The van der Waals surface area contributed by atoms with Crippen LogP contribution in [0.5, 0.6) is 0 Å². The lowest BCUT2D eigenvalue weighted by molar-refractivity contribution is 0.132. The van der Waals surface area contributed by atoms with Gasteiger partial charge in [-0.05, 0) is 46.7 Å². The molecule has 0 aromatic carbocycles. The summed E-state index contributed by atoms with van der Waals surface area (Å²) in [5, 5.41) is 3.51. The summed E-state index contributed by atoms with van der Waals surface area (Å²) in [6, 6.07) is 2.24. The first-order valence-corrected chi connectivity index (χ1v) is 6.10. The summed E-state index contributed by atoms with van der Waals surface area (Å²) in [7, 11) is 2.29. The molecule has 0 spiro atoms. The van der Waals surface area contributed by atoms with Gasteiger partial charge >= 0.3 is 0 Å². The molecule has 0 aliphatic carbocycles. The van der Waals surface area contributed by atoms with Gasteiger partial charge in [0.2, 0.25) is 0 Å². The Hall–Kier alpha value is -0.0800. The smallest absolute Gasteiger partial charge is 0.0122 e. The second-order valence-electron chi connectivity index (χ2n) is 4.84. The van der Waals surface area contributed by atoms with Crippen molar-refractivity contribution in [2.75, 3.05) is 13.6 Å². The first kappa shape index (κ1) is 12.0. The van der Waals surface area contributed by atoms with Crippen molar-refractivity contribution in [2.45, 2.75) is 64.6 Å². The van der Waals surface area contributed by atoms with E-state index >= 15 is 0 Å². The van der Waals surface area contributed by atoms with Crippen LogP contribution in [0.4, 0.5) is 0 Å². The molecule has 0 saturated carbocycles. The van der Waals surface area contributed by atoms with Crippen molar-refractivity contribution in [3.8, 4) is 0 Å². The summed E-state index contributed by atoms with van der Waals surface area (Å²) < 4.78 is 0. The molecule has 0 aromatic heterocycles. The van der Waals surface area contributed by atoms with E-state index in [9.17, 15) is 0 Å². The zero-order valence-corrected chi connectivity index (χ0v) is 10.2. The van der Waals surface area contributed by atoms with E-state index in [0.29, 0.717) is 6.04 Å². The van der Waals surface area contributed by atoms with Crippen LogP contribution in [0, 0.1) is 0 Å². The van der Waals surface area contributed by atoms with Gasteiger partial charge in [0.25, 0.3) is 0 Å². The molecular formula is C12H26N2. The summed E-state index contributed by atoms with van der Waals surface area (Å²) in [6.07, 6.45) is 5.25. The molecule has 1 aliphatic rings. The van der Waals surface area contributed by atoms with Crippen LogP contribution in [0.3, 0.4) is 0 Å². The van der Waals surface area contributed by atoms with Crippen LogP contribution in [-0.2, 0) is 0 Å². The van der Waals surface area contributed by atoms with Crippen LogP contribution in [0.1, 0.15) is 46.5 Å². The Labute approximate surface area is 89.1 Å². The third kappa shape index (κ3) is 3.25. The van der Waals surface area contributed by atoms with Gasteiger partial charge in [0, 0.05) is 18.1 Å². The van der Waals surface area contributed by atoms with Crippen LogP contribution >= 0.6 is 0 Å². The summed E-state index contributed by atoms with van der Waals surface area (Å²) in [4.78, 5) is 2.58. The van der Waals surface area contributed by atoms with E-state index in [1.54, 1.807) is 0 Å². The maximum atomic E-state index is 3.51. The maximum Gasteiger partial charge on any atom is 0.0122 e. The third-order valence-electron chi connectivity index (χ3n) is 3.57. The molecule has 0 bridgehead atoms. The standard InChI is InChI=1S/C12H26N2/c1-5-6-11(3)14(4)12-7-8-13-10(2)9-12/h10-13H,5-9H2,1-4H3. The van der Waals surface area contributed by atoms with Crippen molar-refractivity contribution < 1.29 is 0 Å². The minimum atomic E-state index is 0.699. The number of piperidine rings is 1. The van der Waals surface area contributed by atoms with E-state index in [-0.39, 0.29) is 0 Å². The van der Waals surface area contributed by atoms with E-state index in [4.69, 9.17) is 0 Å². The van der Waals surface area contributed by atoms with Crippen molar-refractivity contribution in [1.82, 2.24) is 10.2 Å². The van der Waals surface area contributed by atoms with Crippen molar-refractivity contribution in [2.24, 2.45) is 0 Å². The summed E-state index contributed by atoms with van der Waals surface area (Å²) in [6.45, 7) is 8.12. The highest BCUT2D eigenvalue weighted by molar-refractivity contribution is 4.82. The topological polar surface area (TPSA) is 15.3 Å².